The van der Waals surface area contributed by atoms with Gasteiger partial charge in [-0.05, 0) is 54.1 Å². The fourth-order valence-corrected chi connectivity index (χ4v) is 4.51. The van der Waals surface area contributed by atoms with Crippen molar-refractivity contribution >= 4 is 38.3 Å². The molecule has 0 fully saturated rings. The zero-order valence-electron chi connectivity index (χ0n) is 16.9. The molecule has 0 spiro atoms. The molecule has 0 atom stereocenters. The number of thiazole rings is 1. The maximum Gasteiger partial charge on any atom is 0.344 e. The summed E-state index contributed by atoms with van der Waals surface area (Å²) in [7, 11) is 0. The van der Waals surface area contributed by atoms with Crippen LogP contribution in [-0.4, -0.2) is 17.6 Å². The van der Waals surface area contributed by atoms with Crippen LogP contribution in [0.2, 0.25) is 0 Å². The van der Waals surface area contributed by atoms with Crippen molar-refractivity contribution in [3.63, 3.8) is 0 Å². The van der Waals surface area contributed by atoms with E-state index in [1.54, 1.807) is 23.5 Å². The molecule has 0 radical (unpaired) electrons. The van der Waals surface area contributed by atoms with Crippen LogP contribution in [0.15, 0.2) is 84.9 Å². The predicted octanol–water partition coefficient (Wildman–Crippen LogP) is 6.73. The minimum absolute atomic E-state index is 0.393. The van der Waals surface area contributed by atoms with E-state index in [0.29, 0.717) is 23.7 Å². The molecule has 5 rings (SSSR count). The summed E-state index contributed by atoms with van der Waals surface area (Å²) in [6.45, 7) is 2.36. The summed E-state index contributed by atoms with van der Waals surface area (Å²) in [5.74, 6) is 0.503. The third-order valence-corrected chi connectivity index (χ3v) is 6.08. The van der Waals surface area contributed by atoms with E-state index in [2.05, 4.69) is 6.07 Å². The number of aromatic nitrogens is 1. The SMILES string of the molecule is CCOc1cc(-c2nc3ccccc3s2)ccc1OC(=O)c1cccc2ccccc12. The van der Waals surface area contributed by atoms with Gasteiger partial charge in [-0.3, -0.25) is 0 Å². The first-order valence-corrected chi connectivity index (χ1v) is 10.9. The van der Waals surface area contributed by atoms with Crippen LogP contribution >= 0.6 is 11.3 Å². The molecule has 0 saturated carbocycles. The van der Waals surface area contributed by atoms with Crippen molar-refractivity contribution in [2.75, 3.05) is 6.61 Å². The van der Waals surface area contributed by atoms with E-state index in [1.807, 2.05) is 73.7 Å². The Balaban J connectivity index is 1.49. The minimum Gasteiger partial charge on any atom is -0.490 e. The second-order valence-corrected chi connectivity index (χ2v) is 8.03. The zero-order chi connectivity index (χ0) is 21.2. The van der Waals surface area contributed by atoms with Crippen molar-refractivity contribution in [1.82, 2.24) is 4.98 Å². The summed E-state index contributed by atoms with van der Waals surface area (Å²) in [4.78, 5) is 17.7. The van der Waals surface area contributed by atoms with Crippen molar-refractivity contribution in [2.24, 2.45) is 0 Å². The minimum atomic E-state index is -0.412. The number of hydrogen-bond acceptors (Lipinski definition) is 5. The largest absolute Gasteiger partial charge is 0.490 e. The van der Waals surface area contributed by atoms with Gasteiger partial charge in [0.25, 0.3) is 0 Å². The van der Waals surface area contributed by atoms with Crippen LogP contribution in [0.4, 0.5) is 0 Å². The molecule has 5 heteroatoms. The molecular formula is C26H19NO3S. The van der Waals surface area contributed by atoms with Crippen molar-refractivity contribution in [3.8, 4) is 22.1 Å². The Morgan fingerprint density at radius 1 is 0.903 bits per heavy atom. The number of hydrogen-bond donors (Lipinski definition) is 0. The van der Waals surface area contributed by atoms with E-state index < -0.39 is 5.97 Å². The van der Waals surface area contributed by atoms with E-state index >= 15 is 0 Å². The van der Waals surface area contributed by atoms with Gasteiger partial charge in [0.05, 0.1) is 22.4 Å². The van der Waals surface area contributed by atoms with Gasteiger partial charge < -0.3 is 9.47 Å². The van der Waals surface area contributed by atoms with Crippen LogP contribution in [-0.2, 0) is 0 Å². The Labute approximate surface area is 183 Å². The Morgan fingerprint density at radius 3 is 2.58 bits per heavy atom. The van der Waals surface area contributed by atoms with Gasteiger partial charge in [0.2, 0.25) is 0 Å². The maximum atomic E-state index is 13.0. The van der Waals surface area contributed by atoms with Crippen molar-refractivity contribution in [3.05, 3.63) is 90.5 Å². The number of ether oxygens (including phenoxy) is 2. The van der Waals surface area contributed by atoms with E-state index in [0.717, 1.165) is 31.6 Å². The lowest BCUT2D eigenvalue weighted by Crippen LogP contribution is -2.10. The molecule has 0 amide bonds. The third kappa shape index (κ3) is 3.76. The second kappa shape index (κ2) is 8.20. The number of benzene rings is 4. The molecule has 5 aromatic rings. The van der Waals surface area contributed by atoms with Crippen molar-refractivity contribution in [1.29, 1.82) is 0 Å². The zero-order valence-corrected chi connectivity index (χ0v) is 17.7. The molecule has 0 saturated heterocycles. The Morgan fingerprint density at radius 2 is 1.71 bits per heavy atom. The first-order chi connectivity index (χ1) is 15.2. The Kier molecular flexibility index (Phi) is 5.10. The summed E-state index contributed by atoms with van der Waals surface area (Å²) in [5.41, 5.74) is 2.41. The van der Waals surface area contributed by atoms with Crippen LogP contribution < -0.4 is 9.47 Å². The molecule has 4 nitrogen and oxygen atoms in total. The highest BCUT2D eigenvalue weighted by Crippen LogP contribution is 2.36. The fourth-order valence-electron chi connectivity index (χ4n) is 3.55. The van der Waals surface area contributed by atoms with E-state index in [4.69, 9.17) is 14.5 Å². The van der Waals surface area contributed by atoms with E-state index in [9.17, 15) is 4.79 Å². The number of rotatable bonds is 5. The highest BCUT2D eigenvalue weighted by molar-refractivity contribution is 7.21. The standard InChI is InChI=1S/C26H19NO3S/c1-2-29-23-16-18(25-27-21-12-5-6-13-24(21)31-25)14-15-22(23)30-26(28)20-11-7-9-17-8-3-4-10-19(17)20/h3-16H,2H2,1H3. The number of nitrogens with zero attached hydrogens (tertiary/aromatic N) is 1. The van der Waals surface area contributed by atoms with Crippen LogP contribution in [0.3, 0.4) is 0 Å². The van der Waals surface area contributed by atoms with Crippen LogP contribution in [0.25, 0.3) is 31.6 Å². The lowest BCUT2D eigenvalue weighted by atomic mass is 10.0. The van der Waals surface area contributed by atoms with Gasteiger partial charge in [0.15, 0.2) is 11.5 Å². The quantitative estimate of drug-likeness (QED) is 0.231. The number of para-hydroxylation sites is 1. The van der Waals surface area contributed by atoms with Gasteiger partial charge in [0.1, 0.15) is 5.01 Å². The average Bonchev–Trinajstić information content (AvgIpc) is 3.24. The smallest absolute Gasteiger partial charge is 0.344 e. The molecule has 31 heavy (non-hydrogen) atoms. The molecule has 0 N–H and O–H groups in total. The number of carbonyl (C=O) groups is 1. The van der Waals surface area contributed by atoms with Gasteiger partial charge in [-0.1, -0.05) is 48.5 Å². The molecule has 4 aromatic carbocycles. The monoisotopic (exact) mass is 425 g/mol. The van der Waals surface area contributed by atoms with Gasteiger partial charge in [-0.2, -0.15) is 0 Å². The Bertz CT molecular complexity index is 1370. The molecule has 0 bridgehead atoms. The van der Waals surface area contributed by atoms with Gasteiger partial charge >= 0.3 is 5.97 Å². The summed E-state index contributed by atoms with van der Waals surface area (Å²) in [6.07, 6.45) is 0. The summed E-state index contributed by atoms with van der Waals surface area (Å²) in [6, 6.07) is 27.0. The fraction of sp³-hybridized carbons (Fsp3) is 0.0769. The van der Waals surface area contributed by atoms with Gasteiger partial charge in [0, 0.05) is 5.56 Å². The van der Waals surface area contributed by atoms with Crippen molar-refractivity contribution < 1.29 is 14.3 Å². The topological polar surface area (TPSA) is 48.4 Å². The molecule has 0 aliphatic heterocycles. The van der Waals surface area contributed by atoms with Crippen LogP contribution in [0.1, 0.15) is 17.3 Å². The number of esters is 1. The molecule has 152 valence electrons. The third-order valence-electron chi connectivity index (χ3n) is 5.00. The molecule has 0 aliphatic carbocycles. The molecule has 0 aliphatic rings. The lowest BCUT2D eigenvalue weighted by molar-refractivity contribution is 0.0730. The molecule has 0 unspecified atom stereocenters. The van der Waals surface area contributed by atoms with Crippen LogP contribution in [0, 0.1) is 0 Å². The highest BCUT2D eigenvalue weighted by Gasteiger charge is 2.17. The van der Waals surface area contributed by atoms with Crippen molar-refractivity contribution in [2.45, 2.75) is 6.92 Å². The molecule has 1 heterocycles. The normalized spacial score (nSPS) is 11.0. The first kappa shape index (κ1) is 19.3. The average molecular weight is 426 g/mol. The summed E-state index contributed by atoms with van der Waals surface area (Å²) in [5, 5.41) is 2.75. The number of carbonyl (C=O) groups excluding carboxylic acids is 1. The van der Waals surface area contributed by atoms with Gasteiger partial charge in [-0.25, -0.2) is 9.78 Å². The maximum absolute atomic E-state index is 13.0. The predicted molar refractivity (Wildman–Crippen MR) is 125 cm³/mol. The summed E-state index contributed by atoms with van der Waals surface area (Å²) < 4.78 is 12.7. The first-order valence-electron chi connectivity index (χ1n) is 10.1. The number of fused-ring (bicyclic) bond motifs is 2. The van der Waals surface area contributed by atoms with E-state index in [1.165, 1.54) is 0 Å². The second-order valence-electron chi connectivity index (χ2n) is 7.00. The summed E-state index contributed by atoms with van der Waals surface area (Å²) >= 11 is 1.62. The molecule has 1 aromatic heterocycles. The van der Waals surface area contributed by atoms with Gasteiger partial charge in [-0.15, -0.1) is 11.3 Å². The highest BCUT2D eigenvalue weighted by atomic mass is 32.1. The van der Waals surface area contributed by atoms with Crippen LogP contribution in [0.5, 0.6) is 11.5 Å². The molecular weight excluding hydrogens is 406 g/mol. The Hall–Kier alpha value is -3.70. The lowest BCUT2D eigenvalue weighted by Gasteiger charge is -2.12. The van der Waals surface area contributed by atoms with E-state index in [-0.39, 0.29) is 0 Å².